The summed E-state index contributed by atoms with van der Waals surface area (Å²) in [6.45, 7) is 3.87. The summed E-state index contributed by atoms with van der Waals surface area (Å²) in [6, 6.07) is 7.53. The molecule has 3 N–H and O–H groups in total. The van der Waals surface area contributed by atoms with Crippen molar-refractivity contribution in [2.75, 3.05) is 30.3 Å². The first-order valence-corrected chi connectivity index (χ1v) is 8.01. The van der Waals surface area contributed by atoms with Crippen LogP contribution in [0.5, 0.6) is 0 Å². The van der Waals surface area contributed by atoms with Crippen LogP contribution in [0, 0.1) is 6.92 Å². The lowest BCUT2D eigenvalue weighted by atomic mass is 10.2. The fourth-order valence-electron chi connectivity index (χ4n) is 2.13. The number of morpholine rings is 1. The van der Waals surface area contributed by atoms with Crippen LogP contribution in [0.25, 0.3) is 0 Å². The van der Waals surface area contributed by atoms with Gasteiger partial charge in [-0.15, -0.1) is 23.7 Å². The maximum atomic E-state index is 12.0. The lowest BCUT2D eigenvalue weighted by molar-refractivity contribution is -0.128. The van der Waals surface area contributed by atoms with Gasteiger partial charge in [0.25, 0.3) is 5.91 Å². The number of hydrogen-bond acceptors (Lipinski definition) is 6. The summed E-state index contributed by atoms with van der Waals surface area (Å²) in [6.07, 6.45) is -0.426. The lowest BCUT2D eigenvalue weighted by Crippen LogP contribution is -2.45. The molecule has 0 radical (unpaired) electrons. The number of anilines is 3. The van der Waals surface area contributed by atoms with Gasteiger partial charge < -0.3 is 20.7 Å². The van der Waals surface area contributed by atoms with Gasteiger partial charge in [-0.05, 0) is 31.2 Å². The third kappa shape index (κ3) is 4.90. The van der Waals surface area contributed by atoms with E-state index in [1.54, 1.807) is 11.3 Å². The highest BCUT2D eigenvalue weighted by Gasteiger charge is 2.21. The van der Waals surface area contributed by atoms with Crippen molar-refractivity contribution in [2.45, 2.75) is 13.0 Å². The number of aromatic nitrogens is 1. The summed E-state index contributed by atoms with van der Waals surface area (Å²) in [4.78, 5) is 16.4. The number of amides is 1. The van der Waals surface area contributed by atoms with Gasteiger partial charge in [0.05, 0.1) is 12.3 Å². The second-order valence-electron chi connectivity index (χ2n) is 5.05. The molecule has 1 amide bonds. The van der Waals surface area contributed by atoms with Crippen LogP contribution < -0.4 is 16.0 Å². The Morgan fingerprint density at radius 3 is 2.70 bits per heavy atom. The maximum absolute atomic E-state index is 12.0. The van der Waals surface area contributed by atoms with E-state index in [0.29, 0.717) is 13.2 Å². The van der Waals surface area contributed by atoms with Crippen LogP contribution in [0.3, 0.4) is 0 Å². The van der Waals surface area contributed by atoms with E-state index in [1.807, 2.05) is 36.6 Å². The van der Waals surface area contributed by atoms with Gasteiger partial charge in [-0.3, -0.25) is 4.79 Å². The molecule has 1 aliphatic rings. The summed E-state index contributed by atoms with van der Waals surface area (Å²) in [5.41, 5.74) is 2.68. The zero-order chi connectivity index (χ0) is 15.4. The van der Waals surface area contributed by atoms with Crippen LogP contribution >= 0.6 is 23.7 Å². The minimum Gasteiger partial charge on any atom is -0.366 e. The van der Waals surface area contributed by atoms with Crippen LogP contribution in [0.15, 0.2) is 29.6 Å². The smallest absolute Gasteiger partial charge is 0.254 e. The van der Waals surface area contributed by atoms with E-state index >= 15 is 0 Å². The molecule has 23 heavy (non-hydrogen) atoms. The van der Waals surface area contributed by atoms with Crippen molar-refractivity contribution < 1.29 is 9.53 Å². The Morgan fingerprint density at radius 2 is 2.09 bits per heavy atom. The lowest BCUT2D eigenvalue weighted by Gasteiger charge is -2.22. The minimum atomic E-state index is -0.426. The van der Waals surface area contributed by atoms with E-state index in [-0.39, 0.29) is 18.3 Å². The monoisotopic (exact) mass is 354 g/mol. The molecule has 1 unspecified atom stereocenters. The second kappa shape index (κ2) is 8.26. The van der Waals surface area contributed by atoms with Crippen LogP contribution in [0.1, 0.15) is 5.69 Å². The largest absolute Gasteiger partial charge is 0.366 e. The van der Waals surface area contributed by atoms with Crippen LogP contribution in [0.4, 0.5) is 16.5 Å². The first kappa shape index (κ1) is 17.7. The molecule has 0 spiro atoms. The number of hydrogen-bond donors (Lipinski definition) is 3. The van der Waals surface area contributed by atoms with Gasteiger partial charge in [0, 0.05) is 29.8 Å². The van der Waals surface area contributed by atoms with Gasteiger partial charge >= 0.3 is 0 Å². The van der Waals surface area contributed by atoms with Crippen molar-refractivity contribution in [1.82, 2.24) is 10.3 Å². The Balaban J connectivity index is 0.00000192. The highest BCUT2D eigenvalue weighted by Crippen LogP contribution is 2.22. The number of nitrogens with zero attached hydrogens (tertiary/aromatic N) is 1. The number of carbonyl (C=O) groups is 1. The SMILES string of the molecule is Cc1csc(Nc2ccc(NC(=O)C3CNCCO3)cc2)n1.Cl. The molecule has 1 aliphatic heterocycles. The fourth-order valence-corrected chi connectivity index (χ4v) is 2.84. The normalized spacial score (nSPS) is 17.2. The first-order valence-electron chi connectivity index (χ1n) is 7.13. The third-order valence-electron chi connectivity index (χ3n) is 3.24. The molecule has 1 aromatic carbocycles. The van der Waals surface area contributed by atoms with E-state index in [2.05, 4.69) is 20.9 Å². The van der Waals surface area contributed by atoms with Crippen LogP contribution in [0.2, 0.25) is 0 Å². The number of benzene rings is 1. The topological polar surface area (TPSA) is 75.3 Å². The van der Waals surface area contributed by atoms with Crippen molar-refractivity contribution in [3.63, 3.8) is 0 Å². The molecule has 6 nitrogen and oxygen atoms in total. The molecule has 1 atom stereocenters. The molecule has 0 saturated carbocycles. The number of thiazole rings is 1. The van der Waals surface area contributed by atoms with E-state index in [0.717, 1.165) is 28.7 Å². The highest BCUT2D eigenvalue weighted by atomic mass is 35.5. The molecule has 0 aliphatic carbocycles. The zero-order valence-electron chi connectivity index (χ0n) is 12.7. The first-order chi connectivity index (χ1) is 10.7. The minimum absolute atomic E-state index is 0. The second-order valence-corrected chi connectivity index (χ2v) is 5.91. The Morgan fingerprint density at radius 1 is 1.35 bits per heavy atom. The molecule has 2 heterocycles. The third-order valence-corrected chi connectivity index (χ3v) is 4.12. The predicted molar refractivity (Wildman–Crippen MR) is 95.1 cm³/mol. The van der Waals surface area contributed by atoms with Crippen molar-refractivity contribution in [3.8, 4) is 0 Å². The van der Waals surface area contributed by atoms with Gasteiger partial charge in [0.1, 0.15) is 6.10 Å². The number of nitrogens with one attached hydrogen (secondary N) is 3. The average molecular weight is 355 g/mol. The average Bonchev–Trinajstić information content (AvgIpc) is 2.95. The predicted octanol–water partition coefficient (Wildman–Crippen LogP) is 2.54. The summed E-state index contributed by atoms with van der Waals surface area (Å²) < 4.78 is 5.42. The molecule has 8 heteroatoms. The molecular formula is C15H19ClN4O2S. The van der Waals surface area contributed by atoms with E-state index < -0.39 is 6.10 Å². The quantitative estimate of drug-likeness (QED) is 0.786. The van der Waals surface area contributed by atoms with Crippen molar-refractivity contribution >= 4 is 46.2 Å². The molecule has 124 valence electrons. The van der Waals surface area contributed by atoms with Crippen LogP contribution in [-0.4, -0.2) is 36.7 Å². The maximum Gasteiger partial charge on any atom is 0.254 e. The molecule has 1 aromatic heterocycles. The molecule has 3 rings (SSSR count). The van der Waals surface area contributed by atoms with Crippen molar-refractivity contribution in [3.05, 3.63) is 35.3 Å². The van der Waals surface area contributed by atoms with E-state index in [9.17, 15) is 4.79 Å². The fraction of sp³-hybridized carbons (Fsp3) is 0.333. The Kier molecular flexibility index (Phi) is 6.35. The molecular weight excluding hydrogens is 336 g/mol. The molecule has 1 saturated heterocycles. The van der Waals surface area contributed by atoms with Gasteiger partial charge in [-0.25, -0.2) is 4.98 Å². The molecule has 1 fully saturated rings. The Labute approximate surface area is 145 Å². The number of carbonyl (C=O) groups excluding carboxylic acids is 1. The Bertz CT molecular complexity index is 641. The van der Waals surface area contributed by atoms with Gasteiger partial charge in [-0.2, -0.15) is 0 Å². The summed E-state index contributed by atoms with van der Waals surface area (Å²) >= 11 is 1.56. The number of halogens is 1. The van der Waals surface area contributed by atoms with E-state index in [1.165, 1.54) is 0 Å². The van der Waals surface area contributed by atoms with Crippen LogP contribution in [-0.2, 0) is 9.53 Å². The van der Waals surface area contributed by atoms with Gasteiger partial charge in [-0.1, -0.05) is 0 Å². The number of ether oxygens (including phenoxy) is 1. The standard InChI is InChI=1S/C15H18N4O2S.ClH/c1-10-9-22-15(17-10)19-12-4-2-11(3-5-12)18-14(20)13-8-16-6-7-21-13;/h2-5,9,13,16H,6-8H2,1H3,(H,17,19)(H,18,20);1H. The summed E-state index contributed by atoms with van der Waals surface area (Å²) in [5, 5.41) is 12.1. The van der Waals surface area contributed by atoms with Gasteiger partial charge in [0.2, 0.25) is 0 Å². The highest BCUT2D eigenvalue weighted by molar-refractivity contribution is 7.13. The number of aryl methyl sites for hydroxylation is 1. The molecule has 0 bridgehead atoms. The summed E-state index contributed by atoms with van der Waals surface area (Å²) in [7, 11) is 0. The van der Waals surface area contributed by atoms with Crippen molar-refractivity contribution in [2.24, 2.45) is 0 Å². The summed E-state index contributed by atoms with van der Waals surface area (Å²) in [5.74, 6) is -0.122. The zero-order valence-corrected chi connectivity index (χ0v) is 14.3. The van der Waals surface area contributed by atoms with Gasteiger partial charge in [0.15, 0.2) is 5.13 Å². The Hall–Kier alpha value is -1.67. The molecule has 2 aromatic rings. The van der Waals surface area contributed by atoms with E-state index in [4.69, 9.17) is 4.74 Å². The number of rotatable bonds is 4. The van der Waals surface area contributed by atoms with Crippen molar-refractivity contribution in [1.29, 1.82) is 0 Å².